The van der Waals surface area contributed by atoms with E-state index in [2.05, 4.69) is 26.1 Å². The van der Waals surface area contributed by atoms with Crippen LogP contribution in [0.25, 0.3) is 10.8 Å². The molecule has 3 rings (SSSR count). The minimum atomic E-state index is 0.211. The predicted molar refractivity (Wildman–Crippen MR) is 80.5 cm³/mol. The van der Waals surface area contributed by atoms with E-state index in [1.807, 2.05) is 24.3 Å². The van der Waals surface area contributed by atoms with E-state index < -0.39 is 0 Å². The number of benzene rings is 1. The van der Waals surface area contributed by atoms with Crippen LogP contribution in [-0.4, -0.2) is 10.2 Å². The molecule has 0 amide bonds. The van der Waals surface area contributed by atoms with E-state index in [0.717, 1.165) is 8.66 Å². The highest BCUT2D eigenvalue weighted by molar-refractivity contribution is 9.11. The first-order valence-electron chi connectivity index (χ1n) is 5.77. The summed E-state index contributed by atoms with van der Waals surface area (Å²) >= 11 is 4.93. The molecular weight excluding hydrogens is 342 g/mol. The van der Waals surface area contributed by atoms with Crippen molar-refractivity contribution >= 4 is 33.0 Å². The average molecular weight is 352 g/mol. The predicted octanol–water partition coefficient (Wildman–Crippen LogP) is 3.72. The maximum Gasteiger partial charge on any atom is 0.257 e. The van der Waals surface area contributed by atoms with Crippen molar-refractivity contribution in [3.05, 3.63) is 46.1 Å². The van der Waals surface area contributed by atoms with Crippen molar-refractivity contribution in [3.63, 3.8) is 0 Å². The number of nitrogens with two attached hydrogens (primary N) is 1. The normalized spacial score (nSPS) is 10.7. The van der Waals surface area contributed by atoms with E-state index in [0.29, 0.717) is 23.2 Å². The molecule has 5 nitrogen and oxygen atoms in total. The highest BCUT2D eigenvalue weighted by Crippen LogP contribution is 2.30. The lowest BCUT2D eigenvalue weighted by atomic mass is 10.3. The monoisotopic (exact) mass is 351 g/mol. The van der Waals surface area contributed by atoms with Crippen molar-refractivity contribution in [1.82, 2.24) is 10.2 Å². The van der Waals surface area contributed by atoms with Crippen LogP contribution >= 0.6 is 27.3 Å². The minimum Gasteiger partial charge on any atom is -0.484 e. The Kier molecular flexibility index (Phi) is 3.70. The molecule has 0 radical (unpaired) electrons. The van der Waals surface area contributed by atoms with Gasteiger partial charge in [-0.15, -0.1) is 21.5 Å². The number of nitrogen functional groups attached to an aromatic ring is 1. The van der Waals surface area contributed by atoms with E-state index in [9.17, 15) is 0 Å². The zero-order chi connectivity index (χ0) is 13.9. The van der Waals surface area contributed by atoms with Crippen molar-refractivity contribution < 1.29 is 9.15 Å². The van der Waals surface area contributed by atoms with E-state index in [4.69, 9.17) is 14.9 Å². The maximum atomic E-state index is 5.68. The maximum absolute atomic E-state index is 5.68. The van der Waals surface area contributed by atoms with Crippen molar-refractivity contribution in [3.8, 4) is 16.5 Å². The molecule has 1 aromatic carbocycles. The third kappa shape index (κ3) is 3.00. The zero-order valence-electron chi connectivity index (χ0n) is 10.2. The molecule has 0 spiro atoms. The highest BCUT2D eigenvalue weighted by atomic mass is 79.9. The van der Waals surface area contributed by atoms with Gasteiger partial charge in [0.05, 0.1) is 8.66 Å². The van der Waals surface area contributed by atoms with E-state index in [1.165, 1.54) is 11.3 Å². The van der Waals surface area contributed by atoms with Gasteiger partial charge in [-0.25, -0.2) is 0 Å². The lowest BCUT2D eigenvalue weighted by molar-refractivity contribution is 0.264. The Labute approximate surface area is 127 Å². The van der Waals surface area contributed by atoms with Crippen LogP contribution in [0.15, 0.2) is 44.6 Å². The molecule has 0 aliphatic rings. The first-order chi connectivity index (χ1) is 9.70. The van der Waals surface area contributed by atoms with Gasteiger partial charge in [-0.05, 0) is 40.2 Å². The van der Waals surface area contributed by atoms with Crippen LogP contribution in [0, 0.1) is 0 Å². The lowest BCUT2D eigenvalue weighted by Gasteiger charge is -2.03. The summed E-state index contributed by atoms with van der Waals surface area (Å²) in [5, 5.41) is 7.96. The largest absolute Gasteiger partial charge is 0.484 e. The van der Waals surface area contributed by atoms with Crippen LogP contribution in [0.3, 0.4) is 0 Å². The highest BCUT2D eigenvalue weighted by Gasteiger charge is 2.11. The molecule has 2 N–H and O–H groups in total. The topological polar surface area (TPSA) is 74.2 Å². The van der Waals surface area contributed by atoms with Gasteiger partial charge in [0.2, 0.25) is 0 Å². The van der Waals surface area contributed by atoms with Gasteiger partial charge in [0.25, 0.3) is 11.8 Å². The molecule has 102 valence electrons. The smallest absolute Gasteiger partial charge is 0.257 e. The van der Waals surface area contributed by atoms with E-state index >= 15 is 0 Å². The molecule has 0 aliphatic heterocycles. The fourth-order valence-electron chi connectivity index (χ4n) is 1.59. The quantitative estimate of drug-likeness (QED) is 0.725. The Morgan fingerprint density at radius 2 is 2.15 bits per heavy atom. The number of nitrogens with zero attached hydrogens (tertiary/aromatic N) is 2. The Hall–Kier alpha value is -1.86. The second-order valence-corrected chi connectivity index (χ2v) is 6.43. The zero-order valence-corrected chi connectivity index (χ0v) is 12.6. The number of thiophene rings is 1. The lowest BCUT2D eigenvalue weighted by Crippen LogP contribution is -1.96. The van der Waals surface area contributed by atoms with Crippen molar-refractivity contribution in [2.75, 3.05) is 5.73 Å². The van der Waals surface area contributed by atoms with Crippen molar-refractivity contribution in [2.45, 2.75) is 6.61 Å². The molecule has 0 saturated carbocycles. The summed E-state index contributed by atoms with van der Waals surface area (Å²) in [5.41, 5.74) is 6.33. The Balaban J connectivity index is 1.68. The first-order valence-corrected chi connectivity index (χ1v) is 7.38. The molecular formula is C13H10BrN3O2S. The summed E-state index contributed by atoms with van der Waals surface area (Å²) in [5.74, 6) is 1.59. The molecule has 2 aromatic heterocycles. The minimum absolute atomic E-state index is 0.211. The molecule has 0 bridgehead atoms. The summed E-state index contributed by atoms with van der Waals surface area (Å²) < 4.78 is 12.1. The Morgan fingerprint density at radius 1 is 1.25 bits per heavy atom. The van der Waals surface area contributed by atoms with Crippen molar-refractivity contribution in [1.29, 1.82) is 0 Å². The second-order valence-electron chi connectivity index (χ2n) is 3.97. The number of halogens is 1. The van der Waals surface area contributed by atoms with Crippen LogP contribution < -0.4 is 10.5 Å². The van der Waals surface area contributed by atoms with Crippen LogP contribution in [0.5, 0.6) is 5.75 Å². The molecule has 0 aliphatic carbocycles. The number of hydrogen-bond donors (Lipinski definition) is 1. The van der Waals surface area contributed by atoms with Gasteiger partial charge in [-0.3, -0.25) is 0 Å². The summed E-state index contributed by atoms with van der Waals surface area (Å²) in [6.45, 7) is 0.211. The van der Waals surface area contributed by atoms with Crippen LogP contribution in [0.1, 0.15) is 5.89 Å². The SMILES string of the molecule is Nc1cccc(OCc2nnc(-c3ccc(Br)s3)o2)c1. The number of rotatable bonds is 4. The summed E-state index contributed by atoms with van der Waals surface area (Å²) in [6.07, 6.45) is 0. The summed E-state index contributed by atoms with van der Waals surface area (Å²) in [4.78, 5) is 0.916. The van der Waals surface area contributed by atoms with Crippen molar-refractivity contribution in [2.24, 2.45) is 0 Å². The Morgan fingerprint density at radius 3 is 2.90 bits per heavy atom. The first kappa shape index (κ1) is 13.1. The van der Waals surface area contributed by atoms with Crippen LogP contribution in [0.4, 0.5) is 5.69 Å². The van der Waals surface area contributed by atoms with Gasteiger partial charge in [0.1, 0.15) is 5.75 Å². The molecule has 20 heavy (non-hydrogen) atoms. The molecule has 2 heterocycles. The van der Waals surface area contributed by atoms with Gasteiger partial charge in [-0.1, -0.05) is 6.07 Å². The standard InChI is InChI=1S/C13H10BrN3O2S/c14-11-5-4-10(20-11)13-17-16-12(19-13)7-18-9-3-1-2-8(15)6-9/h1-6H,7,15H2. The van der Waals surface area contributed by atoms with E-state index in [1.54, 1.807) is 12.1 Å². The Bertz CT molecular complexity index is 726. The van der Waals surface area contributed by atoms with Gasteiger partial charge in [0.15, 0.2) is 6.61 Å². The number of hydrogen-bond acceptors (Lipinski definition) is 6. The van der Waals surface area contributed by atoms with Gasteiger partial charge in [0, 0.05) is 11.8 Å². The van der Waals surface area contributed by atoms with Gasteiger partial charge in [-0.2, -0.15) is 0 Å². The molecule has 0 atom stereocenters. The fraction of sp³-hybridized carbons (Fsp3) is 0.0769. The summed E-state index contributed by atoms with van der Waals surface area (Å²) in [6, 6.07) is 11.1. The number of anilines is 1. The van der Waals surface area contributed by atoms with E-state index in [-0.39, 0.29) is 6.61 Å². The average Bonchev–Trinajstić information content (AvgIpc) is 3.05. The number of ether oxygens (including phenoxy) is 1. The van der Waals surface area contributed by atoms with Crippen LogP contribution in [0.2, 0.25) is 0 Å². The molecule has 7 heteroatoms. The molecule has 0 saturated heterocycles. The molecule has 0 unspecified atom stereocenters. The third-order valence-corrected chi connectivity index (χ3v) is 4.08. The fourth-order valence-corrected chi connectivity index (χ4v) is 2.90. The molecule has 0 fully saturated rings. The number of aromatic nitrogens is 2. The van der Waals surface area contributed by atoms with Crippen LogP contribution in [-0.2, 0) is 6.61 Å². The third-order valence-electron chi connectivity index (χ3n) is 2.47. The summed E-state index contributed by atoms with van der Waals surface area (Å²) in [7, 11) is 0. The second kappa shape index (κ2) is 5.64. The van der Waals surface area contributed by atoms with Gasteiger partial charge < -0.3 is 14.9 Å². The van der Waals surface area contributed by atoms with Gasteiger partial charge >= 0.3 is 0 Å². The molecule has 3 aromatic rings.